The van der Waals surface area contributed by atoms with Crippen molar-refractivity contribution in [1.29, 1.82) is 0 Å². The van der Waals surface area contributed by atoms with Crippen LogP contribution in [0.1, 0.15) is 31.7 Å². The molecule has 0 atom stereocenters. The summed E-state index contributed by atoms with van der Waals surface area (Å²) in [5.41, 5.74) is 0.558. The Bertz CT molecular complexity index is 424. The van der Waals surface area contributed by atoms with Gasteiger partial charge in [0.15, 0.2) is 6.61 Å². The molecule has 4 nitrogen and oxygen atoms in total. The number of ether oxygens (including phenoxy) is 1. The van der Waals surface area contributed by atoms with Gasteiger partial charge in [-0.3, -0.25) is 4.79 Å². The highest BCUT2D eigenvalue weighted by atomic mass is 16.5. The summed E-state index contributed by atoms with van der Waals surface area (Å²) in [7, 11) is 0. The Morgan fingerprint density at radius 3 is 2.58 bits per heavy atom. The van der Waals surface area contributed by atoms with Gasteiger partial charge in [-0.05, 0) is 43.4 Å². The quantitative estimate of drug-likeness (QED) is 0.820. The van der Waals surface area contributed by atoms with E-state index in [4.69, 9.17) is 4.74 Å². The van der Waals surface area contributed by atoms with E-state index in [1.165, 1.54) is 5.56 Å². The van der Waals surface area contributed by atoms with Crippen LogP contribution in [0.4, 0.5) is 0 Å². The Morgan fingerprint density at radius 1 is 1.37 bits per heavy atom. The van der Waals surface area contributed by atoms with Gasteiger partial charge in [0.2, 0.25) is 0 Å². The molecule has 1 fully saturated rings. The predicted molar refractivity (Wildman–Crippen MR) is 73.1 cm³/mol. The second-order valence-corrected chi connectivity index (χ2v) is 5.14. The van der Waals surface area contributed by atoms with Gasteiger partial charge in [0.1, 0.15) is 5.75 Å². The number of amides is 1. The second kappa shape index (κ2) is 6.06. The number of aryl methyl sites for hydroxylation is 1. The van der Waals surface area contributed by atoms with Crippen LogP contribution in [0.25, 0.3) is 0 Å². The van der Waals surface area contributed by atoms with Crippen molar-refractivity contribution in [2.75, 3.05) is 13.2 Å². The monoisotopic (exact) mass is 263 g/mol. The normalized spacial score (nSPS) is 16.5. The van der Waals surface area contributed by atoms with E-state index in [2.05, 4.69) is 12.2 Å². The number of rotatable bonds is 6. The lowest BCUT2D eigenvalue weighted by molar-refractivity contribution is -0.125. The van der Waals surface area contributed by atoms with E-state index in [-0.39, 0.29) is 12.5 Å². The van der Waals surface area contributed by atoms with Gasteiger partial charge < -0.3 is 15.2 Å². The predicted octanol–water partition coefficient (Wildman–Crippen LogP) is 1.66. The van der Waals surface area contributed by atoms with Crippen LogP contribution in [-0.4, -0.2) is 29.8 Å². The zero-order valence-corrected chi connectivity index (χ0v) is 11.3. The van der Waals surface area contributed by atoms with Crippen LogP contribution in [0.3, 0.4) is 0 Å². The first-order chi connectivity index (χ1) is 9.11. The van der Waals surface area contributed by atoms with E-state index in [0.29, 0.717) is 12.3 Å². The minimum atomic E-state index is -0.682. The summed E-state index contributed by atoms with van der Waals surface area (Å²) in [5, 5.41) is 12.6. The van der Waals surface area contributed by atoms with Crippen LogP contribution in [0.15, 0.2) is 24.3 Å². The third kappa shape index (κ3) is 3.96. The number of benzene rings is 1. The topological polar surface area (TPSA) is 58.6 Å². The summed E-state index contributed by atoms with van der Waals surface area (Å²) in [6, 6.07) is 7.71. The third-order valence-corrected chi connectivity index (χ3v) is 3.60. The van der Waals surface area contributed by atoms with Gasteiger partial charge in [0.25, 0.3) is 5.91 Å². The van der Waals surface area contributed by atoms with Crippen molar-refractivity contribution in [3.8, 4) is 5.75 Å². The highest BCUT2D eigenvalue weighted by Gasteiger charge is 2.34. The standard InChI is InChI=1S/C15H21NO3/c1-2-12-4-6-13(7-5-12)19-10-14(17)16-11-15(18)8-3-9-15/h4-7,18H,2-3,8-11H2,1H3,(H,16,17). The summed E-state index contributed by atoms with van der Waals surface area (Å²) < 4.78 is 5.39. The number of aliphatic hydroxyl groups is 1. The first kappa shape index (κ1) is 13.9. The molecule has 0 radical (unpaired) electrons. The van der Waals surface area contributed by atoms with Gasteiger partial charge >= 0.3 is 0 Å². The minimum absolute atomic E-state index is 0.0123. The number of hydrogen-bond donors (Lipinski definition) is 2. The maximum absolute atomic E-state index is 11.6. The molecule has 2 rings (SSSR count). The summed E-state index contributed by atoms with van der Waals surface area (Å²) >= 11 is 0. The lowest BCUT2D eigenvalue weighted by Gasteiger charge is -2.36. The Hall–Kier alpha value is -1.55. The molecule has 0 aliphatic heterocycles. The molecule has 1 saturated carbocycles. The van der Waals surface area contributed by atoms with Crippen molar-refractivity contribution < 1.29 is 14.6 Å². The molecule has 0 saturated heterocycles. The van der Waals surface area contributed by atoms with Crippen molar-refractivity contribution >= 4 is 5.91 Å². The fourth-order valence-corrected chi connectivity index (χ4v) is 2.05. The maximum atomic E-state index is 11.6. The maximum Gasteiger partial charge on any atom is 0.258 e. The van der Waals surface area contributed by atoms with E-state index in [9.17, 15) is 9.90 Å². The molecule has 2 N–H and O–H groups in total. The number of carbonyl (C=O) groups is 1. The molecule has 1 aliphatic rings. The number of nitrogens with one attached hydrogen (secondary N) is 1. The highest BCUT2D eigenvalue weighted by Crippen LogP contribution is 2.30. The first-order valence-electron chi connectivity index (χ1n) is 6.82. The Labute approximate surface area is 113 Å². The SMILES string of the molecule is CCc1ccc(OCC(=O)NCC2(O)CCC2)cc1. The van der Waals surface area contributed by atoms with Gasteiger partial charge in [0, 0.05) is 6.54 Å². The van der Waals surface area contributed by atoms with Gasteiger partial charge in [-0.25, -0.2) is 0 Å². The van der Waals surface area contributed by atoms with Crippen molar-refractivity contribution in [2.45, 2.75) is 38.2 Å². The summed E-state index contributed by atoms with van der Waals surface area (Å²) in [6.45, 7) is 2.40. The average Bonchev–Trinajstić information content (AvgIpc) is 2.41. The van der Waals surface area contributed by atoms with Crippen LogP contribution >= 0.6 is 0 Å². The van der Waals surface area contributed by atoms with E-state index in [0.717, 1.165) is 25.7 Å². The van der Waals surface area contributed by atoms with E-state index in [1.807, 2.05) is 24.3 Å². The summed E-state index contributed by atoms with van der Waals surface area (Å²) in [4.78, 5) is 11.6. The van der Waals surface area contributed by atoms with Crippen molar-refractivity contribution in [2.24, 2.45) is 0 Å². The van der Waals surface area contributed by atoms with E-state index < -0.39 is 5.60 Å². The van der Waals surface area contributed by atoms with Gasteiger partial charge in [0.05, 0.1) is 5.60 Å². The fraction of sp³-hybridized carbons (Fsp3) is 0.533. The van der Waals surface area contributed by atoms with Gasteiger partial charge in [-0.2, -0.15) is 0 Å². The number of hydrogen-bond acceptors (Lipinski definition) is 3. The summed E-state index contributed by atoms with van der Waals surface area (Å²) in [6.07, 6.45) is 3.56. The second-order valence-electron chi connectivity index (χ2n) is 5.14. The zero-order chi connectivity index (χ0) is 13.7. The molecule has 1 aromatic rings. The molecule has 104 valence electrons. The van der Waals surface area contributed by atoms with Gasteiger partial charge in [-0.1, -0.05) is 19.1 Å². The van der Waals surface area contributed by atoms with E-state index >= 15 is 0 Å². The van der Waals surface area contributed by atoms with Crippen molar-refractivity contribution in [3.05, 3.63) is 29.8 Å². The minimum Gasteiger partial charge on any atom is -0.484 e. The molecular formula is C15H21NO3. The van der Waals surface area contributed by atoms with Crippen molar-refractivity contribution in [1.82, 2.24) is 5.32 Å². The molecule has 0 bridgehead atoms. The molecule has 0 aromatic heterocycles. The molecular weight excluding hydrogens is 242 g/mol. The summed E-state index contributed by atoms with van der Waals surface area (Å²) in [5.74, 6) is 0.495. The van der Waals surface area contributed by atoms with Crippen LogP contribution in [0.5, 0.6) is 5.75 Å². The molecule has 1 amide bonds. The van der Waals surface area contributed by atoms with Crippen LogP contribution in [-0.2, 0) is 11.2 Å². The Kier molecular flexibility index (Phi) is 4.43. The van der Waals surface area contributed by atoms with E-state index in [1.54, 1.807) is 0 Å². The molecule has 0 unspecified atom stereocenters. The number of carbonyl (C=O) groups excluding carboxylic acids is 1. The molecule has 1 aromatic carbocycles. The molecule has 4 heteroatoms. The first-order valence-corrected chi connectivity index (χ1v) is 6.82. The molecule has 19 heavy (non-hydrogen) atoms. The lowest BCUT2D eigenvalue weighted by atomic mass is 9.80. The highest BCUT2D eigenvalue weighted by molar-refractivity contribution is 5.77. The Morgan fingerprint density at radius 2 is 2.05 bits per heavy atom. The van der Waals surface area contributed by atoms with Crippen molar-refractivity contribution in [3.63, 3.8) is 0 Å². The third-order valence-electron chi connectivity index (χ3n) is 3.60. The average molecular weight is 263 g/mol. The molecule has 1 aliphatic carbocycles. The van der Waals surface area contributed by atoms with Crippen LogP contribution < -0.4 is 10.1 Å². The lowest BCUT2D eigenvalue weighted by Crippen LogP contribution is -2.48. The van der Waals surface area contributed by atoms with Crippen LogP contribution in [0, 0.1) is 0 Å². The molecule has 0 heterocycles. The van der Waals surface area contributed by atoms with Gasteiger partial charge in [-0.15, -0.1) is 0 Å². The Balaban J connectivity index is 1.70. The van der Waals surface area contributed by atoms with Crippen LogP contribution in [0.2, 0.25) is 0 Å². The largest absolute Gasteiger partial charge is 0.484 e. The zero-order valence-electron chi connectivity index (χ0n) is 11.3. The smallest absolute Gasteiger partial charge is 0.258 e. The fourth-order valence-electron chi connectivity index (χ4n) is 2.05. The molecule has 0 spiro atoms.